The minimum Gasteiger partial charge on any atom is -0.497 e. The van der Waals surface area contributed by atoms with Crippen molar-refractivity contribution in [2.45, 2.75) is 13.3 Å². The molecule has 0 aromatic heterocycles. The standard InChI is InChI=1S/C19H21ClN2O2/c1-14(13-19(23)22-17-7-5-16(20)6-8-17)21-12-11-15-3-9-18(24-2)10-4-15/h3-10,13,21H,11-12H2,1-2H3,(H,22,23)/b14-13+. The number of methoxy groups -OCH3 is 1. The quantitative estimate of drug-likeness (QED) is 0.746. The average molecular weight is 345 g/mol. The van der Waals surface area contributed by atoms with E-state index < -0.39 is 0 Å². The third-order valence-corrected chi connectivity index (χ3v) is 3.69. The molecule has 0 aliphatic carbocycles. The number of benzene rings is 2. The van der Waals surface area contributed by atoms with Gasteiger partial charge in [0.05, 0.1) is 7.11 Å². The number of hydrogen-bond acceptors (Lipinski definition) is 3. The van der Waals surface area contributed by atoms with Crippen LogP contribution in [0.2, 0.25) is 5.02 Å². The van der Waals surface area contributed by atoms with Gasteiger partial charge in [0, 0.05) is 29.0 Å². The molecule has 0 unspecified atom stereocenters. The highest BCUT2D eigenvalue weighted by Gasteiger charge is 2.00. The molecular formula is C19H21ClN2O2. The van der Waals surface area contributed by atoms with E-state index in [4.69, 9.17) is 16.3 Å². The van der Waals surface area contributed by atoms with E-state index in [2.05, 4.69) is 10.6 Å². The molecule has 0 radical (unpaired) electrons. The van der Waals surface area contributed by atoms with Gasteiger partial charge in [-0.25, -0.2) is 0 Å². The molecule has 0 spiro atoms. The molecular weight excluding hydrogens is 324 g/mol. The number of hydrogen-bond donors (Lipinski definition) is 2. The van der Waals surface area contributed by atoms with Gasteiger partial charge in [0.15, 0.2) is 0 Å². The summed E-state index contributed by atoms with van der Waals surface area (Å²) in [5.74, 6) is 0.674. The monoisotopic (exact) mass is 344 g/mol. The lowest BCUT2D eigenvalue weighted by Gasteiger charge is -2.08. The maximum atomic E-state index is 11.9. The topological polar surface area (TPSA) is 50.4 Å². The second kappa shape index (κ2) is 8.99. The highest BCUT2D eigenvalue weighted by molar-refractivity contribution is 6.30. The molecule has 0 atom stereocenters. The Morgan fingerprint density at radius 1 is 1.12 bits per heavy atom. The number of halogens is 1. The number of anilines is 1. The van der Waals surface area contributed by atoms with E-state index in [9.17, 15) is 4.79 Å². The van der Waals surface area contributed by atoms with Crippen LogP contribution in [-0.2, 0) is 11.2 Å². The number of amides is 1. The molecule has 0 saturated carbocycles. The number of carbonyl (C=O) groups is 1. The minimum absolute atomic E-state index is 0.174. The summed E-state index contributed by atoms with van der Waals surface area (Å²) >= 11 is 5.82. The van der Waals surface area contributed by atoms with Crippen molar-refractivity contribution >= 4 is 23.2 Å². The fourth-order valence-corrected chi connectivity index (χ4v) is 2.28. The first-order valence-corrected chi connectivity index (χ1v) is 8.06. The summed E-state index contributed by atoms with van der Waals surface area (Å²) in [5.41, 5.74) is 2.74. The van der Waals surface area contributed by atoms with Gasteiger partial charge in [-0.05, 0) is 55.3 Å². The number of carbonyl (C=O) groups excluding carboxylic acids is 1. The Labute approximate surface area is 147 Å². The minimum atomic E-state index is -0.174. The van der Waals surface area contributed by atoms with Crippen molar-refractivity contribution in [1.29, 1.82) is 0 Å². The number of nitrogens with one attached hydrogen (secondary N) is 2. The zero-order chi connectivity index (χ0) is 17.4. The molecule has 2 aromatic carbocycles. The van der Waals surface area contributed by atoms with E-state index >= 15 is 0 Å². The van der Waals surface area contributed by atoms with E-state index in [1.54, 1.807) is 37.5 Å². The average Bonchev–Trinajstić information content (AvgIpc) is 2.57. The lowest BCUT2D eigenvalue weighted by atomic mass is 10.1. The van der Waals surface area contributed by atoms with Crippen LogP contribution in [-0.4, -0.2) is 19.6 Å². The predicted octanol–water partition coefficient (Wildman–Crippen LogP) is 4.02. The number of allylic oxidation sites excluding steroid dienone is 1. The van der Waals surface area contributed by atoms with Gasteiger partial charge in [0.25, 0.3) is 0 Å². The van der Waals surface area contributed by atoms with Crippen LogP contribution in [0.5, 0.6) is 5.75 Å². The highest BCUT2D eigenvalue weighted by atomic mass is 35.5. The van der Waals surface area contributed by atoms with Crippen molar-refractivity contribution in [2.75, 3.05) is 19.0 Å². The largest absolute Gasteiger partial charge is 0.497 e. The first-order chi connectivity index (χ1) is 11.6. The van der Waals surface area contributed by atoms with Crippen molar-refractivity contribution in [3.05, 3.63) is 70.9 Å². The molecule has 0 heterocycles. The Morgan fingerprint density at radius 3 is 2.42 bits per heavy atom. The molecule has 1 amide bonds. The van der Waals surface area contributed by atoms with Gasteiger partial charge < -0.3 is 15.4 Å². The van der Waals surface area contributed by atoms with E-state index in [1.165, 1.54) is 5.56 Å². The van der Waals surface area contributed by atoms with Crippen molar-refractivity contribution in [2.24, 2.45) is 0 Å². The highest BCUT2D eigenvalue weighted by Crippen LogP contribution is 2.13. The van der Waals surface area contributed by atoms with Gasteiger partial charge in [0.2, 0.25) is 5.91 Å². The second-order valence-corrected chi connectivity index (χ2v) is 5.78. The molecule has 24 heavy (non-hydrogen) atoms. The molecule has 0 aliphatic rings. The van der Waals surface area contributed by atoms with Crippen LogP contribution in [0.25, 0.3) is 0 Å². The summed E-state index contributed by atoms with van der Waals surface area (Å²) < 4.78 is 5.13. The molecule has 0 fully saturated rings. The third kappa shape index (κ3) is 5.97. The Kier molecular flexibility index (Phi) is 6.70. The zero-order valence-corrected chi connectivity index (χ0v) is 14.6. The van der Waals surface area contributed by atoms with Crippen LogP contribution in [0.15, 0.2) is 60.3 Å². The fraction of sp³-hybridized carbons (Fsp3) is 0.211. The van der Waals surface area contributed by atoms with Crippen LogP contribution < -0.4 is 15.4 Å². The SMILES string of the molecule is COc1ccc(CCN/C(C)=C/C(=O)Nc2ccc(Cl)cc2)cc1. The summed E-state index contributed by atoms with van der Waals surface area (Å²) in [6.07, 6.45) is 2.41. The summed E-state index contributed by atoms with van der Waals surface area (Å²) in [6.45, 7) is 2.62. The molecule has 0 aliphatic heterocycles. The Hall–Kier alpha value is -2.46. The van der Waals surface area contributed by atoms with Gasteiger partial charge in [0.1, 0.15) is 5.75 Å². The van der Waals surface area contributed by atoms with Crippen LogP contribution in [0.4, 0.5) is 5.69 Å². The van der Waals surface area contributed by atoms with E-state index in [-0.39, 0.29) is 5.91 Å². The van der Waals surface area contributed by atoms with E-state index in [1.807, 2.05) is 31.2 Å². The zero-order valence-electron chi connectivity index (χ0n) is 13.8. The molecule has 5 heteroatoms. The Morgan fingerprint density at radius 2 is 1.79 bits per heavy atom. The fourth-order valence-electron chi connectivity index (χ4n) is 2.16. The van der Waals surface area contributed by atoms with E-state index in [0.717, 1.165) is 24.4 Å². The molecule has 2 N–H and O–H groups in total. The summed E-state index contributed by atoms with van der Waals surface area (Å²) in [7, 11) is 1.65. The van der Waals surface area contributed by atoms with Crippen LogP contribution in [0, 0.1) is 0 Å². The number of rotatable bonds is 7. The summed E-state index contributed by atoms with van der Waals surface area (Å²) in [5, 5.41) is 6.67. The van der Waals surface area contributed by atoms with Crippen LogP contribution >= 0.6 is 11.6 Å². The molecule has 4 nitrogen and oxygen atoms in total. The van der Waals surface area contributed by atoms with Gasteiger partial charge in [-0.2, -0.15) is 0 Å². The summed E-state index contributed by atoms with van der Waals surface area (Å²) in [6, 6.07) is 15.0. The predicted molar refractivity (Wildman–Crippen MR) is 98.5 cm³/mol. The number of ether oxygens (including phenoxy) is 1. The lowest BCUT2D eigenvalue weighted by Crippen LogP contribution is -2.18. The Bertz CT molecular complexity index is 694. The Balaban J connectivity index is 1.77. The van der Waals surface area contributed by atoms with Crippen molar-refractivity contribution in [1.82, 2.24) is 5.32 Å². The van der Waals surface area contributed by atoms with Crippen molar-refractivity contribution in [3.8, 4) is 5.75 Å². The van der Waals surface area contributed by atoms with E-state index in [0.29, 0.717) is 10.7 Å². The van der Waals surface area contributed by atoms with Crippen LogP contribution in [0.1, 0.15) is 12.5 Å². The first-order valence-electron chi connectivity index (χ1n) is 7.68. The second-order valence-electron chi connectivity index (χ2n) is 5.35. The van der Waals surface area contributed by atoms with Gasteiger partial charge in [-0.3, -0.25) is 4.79 Å². The smallest absolute Gasteiger partial charge is 0.250 e. The van der Waals surface area contributed by atoms with Gasteiger partial charge >= 0.3 is 0 Å². The maximum Gasteiger partial charge on any atom is 0.250 e. The van der Waals surface area contributed by atoms with Gasteiger partial charge in [-0.1, -0.05) is 23.7 Å². The third-order valence-electron chi connectivity index (χ3n) is 3.44. The first kappa shape index (κ1) is 17.9. The molecule has 0 bridgehead atoms. The molecule has 2 rings (SSSR count). The van der Waals surface area contributed by atoms with Crippen molar-refractivity contribution < 1.29 is 9.53 Å². The van der Waals surface area contributed by atoms with Crippen LogP contribution in [0.3, 0.4) is 0 Å². The summed E-state index contributed by atoms with van der Waals surface area (Å²) in [4.78, 5) is 11.9. The van der Waals surface area contributed by atoms with Crippen molar-refractivity contribution in [3.63, 3.8) is 0 Å². The normalized spacial score (nSPS) is 11.0. The molecule has 126 valence electrons. The molecule has 2 aromatic rings. The van der Waals surface area contributed by atoms with Gasteiger partial charge in [-0.15, -0.1) is 0 Å². The lowest BCUT2D eigenvalue weighted by molar-refractivity contribution is -0.112. The maximum absolute atomic E-state index is 11.9. The molecule has 0 saturated heterocycles.